The van der Waals surface area contributed by atoms with Gasteiger partial charge in [-0.15, -0.1) is 0 Å². The molecule has 6 atom stereocenters. The van der Waals surface area contributed by atoms with Crippen molar-refractivity contribution < 1.29 is 48.3 Å². The van der Waals surface area contributed by atoms with Gasteiger partial charge in [0.05, 0.1) is 45.8 Å². The molecule has 2 N–H and O–H groups in total. The Kier molecular flexibility index (Phi) is 6.78. The van der Waals surface area contributed by atoms with Crippen LogP contribution in [0, 0.1) is 23.7 Å². The molecule has 2 aliphatic carbocycles. The standard InChI is InChI=1S/C23H26O10/c1-30-19(25)14-13-10-12(11-8-6-5-7-9-11)15(20(26)31-2)23(29,16(13)21(27)32-3)17(18(14)24)22(28)33-4/h5-9,12-13,15-17,24,29H,10H2,1-4H3/t12-,13-,15-,16+,17?,23+/m1/s1. The van der Waals surface area contributed by atoms with Crippen LogP contribution in [0.3, 0.4) is 0 Å². The van der Waals surface area contributed by atoms with Crippen molar-refractivity contribution in [2.75, 3.05) is 28.4 Å². The number of aliphatic hydroxyl groups is 2. The van der Waals surface area contributed by atoms with Crippen LogP contribution in [0.2, 0.25) is 0 Å². The summed E-state index contributed by atoms with van der Waals surface area (Å²) in [5, 5.41) is 23.1. The molecule has 0 amide bonds. The van der Waals surface area contributed by atoms with Crippen molar-refractivity contribution in [2.24, 2.45) is 23.7 Å². The summed E-state index contributed by atoms with van der Waals surface area (Å²) in [6.07, 6.45) is -0.0196. The van der Waals surface area contributed by atoms with Crippen LogP contribution in [-0.2, 0) is 38.1 Å². The van der Waals surface area contributed by atoms with Crippen LogP contribution in [0.15, 0.2) is 41.7 Å². The van der Waals surface area contributed by atoms with E-state index in [0.717, 1.165) is 28.4 Å². The van der Waals surface area contributed by atoms with Crippen molar-refractivity contribution in [3.8, 4) is 0 Å². The third-order valence-electron chi connectivity index (χ3n) is 6.67. The van der Waals surface area contributed by atoms with Gasteiger partial charge in [-0.1, -0.05) is 30.3 Å². The lowest BCUT2D eigenvalue weighted by Crippen LogP contribution is -2.68. The summed E-state index contributed by atoms with van der Waals surface area (Å²) in [4.78, 5) is 51.6. The van der Waals surface area contributed by atoms with E-state index < -0.39 is 64.8 Å². The van der Waals surface area contributed by atoms with Crippen molar-refractivity contribution >= 4 is 23.9 Å². The number of methoxy groups -OCH3 is 4. The molecule has 2 bridgehead atoms. The molecule has 0 heterocycles. The number of carbonyl (C=O) groups excluding carboxylic acids is 4. The summed E-state index contributed by atoms with van der Waals surface area (Å²) in [6.45, 7) is 0. The van der Waals surface area contributed by atoms with Crippen LogP contribution in [0.25, 0.3) is 0 Å². The summed E-state index contributed by atoms with van der Waals surface area (Å²) in [5.74, 6) is -11.7. The number of rotatable bonds is 5. The summed E-state index contributed by atoms with van der Waals surface area (Å²) in [5.41, 5.74) is -2.27. The molecule has 1 aromatic rings. The molecule has 1 aromatic carbocycles. The first-order valence-electron chi connectivity index (χ1n) is 10.2. The van der Waals surface area contributed by atoms with Gasteiger partial charge in [-0.3, -0.25) is 14.4 Å². The van der Waals surface area contributed by atoms with E-state index in [9.17, 15) is 29.4 Å². The normalized spacial score (nSPS) is 30.8. The maximum Gasteiger partial charge on any atom is 0.337 e. The summed E-state index contributed by atoms with van der Waals surface area (Å²) < 4.78 is 19.5. The molecule has 0 aromatic heterocycles. The van der Waals surface area contributed by atoms with Crippen LogP contribution in [-0.4, -0.2) is 68.1 Å². The van der Waals surface area contributed by atoms with Crippen molar-refractivity contribution in [3.63, 3.8) is 0 Å². The Morgan fingerprint density at radius 1 is 0.818 bits per heavy atom. The van der Waals surface area contributed by atoms with Crippen LogP contribution >= 0.6 is 0 Å². The molecule has 1 unspecified atom stereocenters. The molecule has 3 rings (SSSR count). The Labute approximate surface area is 190 Å². The molecule has 0 saturated heterocycles. The SMILES string of the molecule is COC(=O)C1=C(O)C(C(=O)OC)[C@@]2(O)[C@H](C(=O)OC)[C@@H]1C[C@H](c1ccccc1)[C@@H]2C(=O)OC. The van der Waals surface area contributed by atoms with E-state index in [1.54, 1.807) is 30.3 Å². The lowest BCUT2D eigenvalue weighted by molar-refractivity contribution is -0.208. The summed E-state index contributed by atoms with van der Waals surface area (Å²) in [6, 6.07) is 8.64. The number of aliphatic hydroxyl groups excluding tert-OH is 1. The molecular formula is C23H26O10. The molecule has 0 aliphatic heterocycles. The zero-order valence-electron chi connectivity index (χ0n) is 18.6. The predicted octanol–water partition coefficient (Wildman–Crippen LogP) is 0.887. The smallest absolute Gasteiger partial charge is 0.337 e. The Morgan fingerprint density at radius 3 is 1.82 bits per heavy atom. The van der Waals surface area contributed by atoms with E-state index in [2.05, 4.69) is 0 Å². The molecule has 10 heteroatoms. The molecule has 2 aliphatic rings. The monoisotopic (exact) mass is 462 g/mol. The fourth-order valence-corrected chi connectivity index (χ4v) is 5.36. The average molecular weight is 462 g/mol. The number of hydrogen-bond acceptors (Lipinski definition) is 10. The van der Waals surface area contributed by atoms with Gasteiger partial charge in [-0.05, 0) is 12.0 Å². The lowest BCUT2D eigenvalue weighted by atomic mass is 9.49. The number of esters is 4. The molecular weight excluding hydrogens is 436 g/mol. The van der Waals surface area contributed by atoms with E-state index in [1.807, 2.05) is 0 Å². The van der Waals surface area contributed by atoms with Gasteiger partial charge in [0, 0.05) is 11.8 Å². The highest BCUT2D eigenvalue weighted by Gasteiger charge is 2.71. The predicted molar refractivity (Wildman–Crippen MR) is 110 cm³/mol. The molecule has 178 valence electrons. The van der Waals surface area contributed by atoms with Gasteiger partial charge in [0.1, 0.15) is 17.3 Å². The van der Waals surface area contributed by atoms with E-state index in [0.29, 0.717) is 5.56 Å². The van der Waals surface area contributed by atoms with Gasteiger partial charge in [0.15, 0.2) is 0 Å². The van der Waals surface area contributed by atoms with Crippen LogP contribution in [0.4, 0.5) is 0 Å². The number of carbonyl (C=O) groups is 4. The van der Waals surface area contributed by atoms with Gasteiger partial charge in [-0.2, -0.15) is 0 Å². The Morgan fingerprint density at radius 2 is 1.33 bits per heavy atom. The molecule has 0 radical (unpaired) electrons. The van der Waals surface area contributed by atoms with Gasteiger partial charge < -0.3 is 29.2 Å². The minimum absolute atomic E-state index is 0.0196. The average Bonchev–Trinajstić information content (AvgIpc) is 2.82. The molecule has 0 spiro atoms. The van der Waals surface area contributed by atoms with Crippen molar-refractivity contribution in [3.05, 3.63) is 47.2 Å². The van der Waals surface area contributed by atoms with Gasteiger partial charge in [0.25, 0.3) is 0 Å². The molecule has 33 heavy (non-hydrogen) atoms. The van der Waals surface area contributed by atoms with Gasteiger partial charge in [0.2, 0.25) is 0 Å². The zero-order valence-corrected chi connectivity index (χ0v) is 18.6. The fraction of sp³-hybridized carbons (Fsp3) is 0.478. The second kappa shape index (κ2) is 9.22. The van der Waals surface area contributed by atoms with Crippen LogP contribution in [0.1, 0.15) is 17.9 Å². The van der Waals surface area contributed by atoms with Crippen LogP contribution < -0.4 is 0 Å². The van der Waals surface area contributed by atoms with Gasteiger partial charge in [-0.25, -0.2) is 4.79 Å². The lowest BCUT2D eigenvalue weighted by Gasteiger charge is -2.55. The fourth-order valence-electron chi connectivity index (χ4n) is 5.36. The van der Waals surface area contributed by atoms with Crippen molar-refractivity contribution in [2.45, 2.75) is 17.9 Å². The third kappa shape index (κ3) is 3.64. The Balaban J connectivity index is 2.41. The topological polar surface area (TPSA) is 146 Å². The third-order valence-corrected chi connectivity index (χ3v) is 6.67. The van der Waals surface area contributed by atoms with Crippen LogP contribution in [0.5, 0.6) is 0 Å². The van der Waals surface area contributed by atoms with E-state index in [1.165, 1.54) is 0 Å². The largest absolute Gasteiger partial charge is 0.511 e. The molecule has 10 nitrogen and oxygen atoms in total. The number of hydrogen-bond donors (Lipinski definition) is 2. The highest BCUT2D eigenvalue weighted by molar-refractivity contribution is 5.96. The van der Waals surface area contributed by atoms with E-state index in [-0.39, 0.29) is 12.0 Å². The van der Waals surface area contributed by atoms with E-state index >= 15 is 0 Å². The Bertz CT molecular complexity index is 984. The number of ether oxygens (including phenoxy) is 4. The summed E-state index contributed by atoms with van der Waals surface area (Å²) >= 11 is 0. The van der Waals surface area contributed by atoms with Gasteiger partial charge >= 0.3 is 23.9 Å². The first-order chi connectivity index (χ1) is 15.7. The molecule has 1 saturated carbocycles. The number of fused-ring (bicyclic) bond motifs is 2. The minimum atomic E-state index is -2.53. The number of benzene rings is 1. The highest BCUT2D eigenvalue weighted by atomic mass is 16.5. The first-order valence-corrected chi connectivity index (χ1v) is 10.2. The second-order valence-electron chi connectivity index (χ2n) is 8.00. The Hall–Kier alpha value is -3.40. The quantitative estimate of drug-likeness (QED) is 0.478. The minimum Gasteiger partial charge on any atom is -0.511 e. The van der Waals surface area contributed by atoms with Crippen molar-refractivity contribution in [1.29, 1.82) is 0 Å². The second-order valence-corrected chi connectivity index (χ2v) is 8.00. The highest BCUT2D eigenvalue weighted by Crippen LogP contribution is 2.59. The maximum atomic E-state index is 13.1. The maximum absolute atomic E-state index is 13.1. The van der Waals surface area contributed by atoms with Crippen molar-refractivity contribution in [1.82, 2.24) is 0 Å². The first kappa shape index (κ1) is 24.2. The zero-order chi connectivity index (χ0) is 24.5. The summed E-state index contributed by atoms with van der Waals surface area (Å²) in [7, 11) is 4.28. The van der Waals surface area contributed by atoms with E-state index in [4.69, 9.17) is 18.9 Å². The molecule has 1 fully saturated rings.